The lowest BCUT2D eigenvalue weighted by atomic mass is 10.1. The quantitative estimate of drug-likeness (QED) is 0.700. The Morgan fingerprint density at radius 1 is 1.13 bits per heavy atom. The molecule has 4 rings (SSSR count). The predicted molar refractivity (Wildman–Crippen MR) is 88.0 cm³/mol. The maximum absolute atomic E-state index is 13.5. The van der Waals surface area contributed by atoms with Gasteiger partial charge in [0.05, 0.1) is 0 Å². The number of carbonyl (C=O) groups is 1. The standard InChI is InChI=1S/C18H15FN2OS/c19-14-5-1-4-13(12-14)18(22)21-10-9-20-8-2-6-15(20)17(21)16-7-3-11-23-16/h1-8,11-12,17H,9-10H2/t17-/m0/s1. The van der Waals surface area contributed by atoms with E-state index < -0.39 is 0 Å². The molecule has 3 aromatic rings. The van der Waals surface area contributed by atoms with Crippen molar-refractivity contribution in [3.05, 3.63) is 82.1 Å². The zero-order valence-electron chi connectivity index (χ0n) is 12.4. The third-order valence-electron chi connectivity index (χ3n) is 4.18. The molecule has 0 radical (unpaired) electrons. The summed E-state index contributed by atoms with van der Waals surface area (Å²) in [6.45, 7) is 1.37. The smallest absolute Gasteiger partial charge is 0.254 e. The first-order chi connectivity index (χ1) is 11.2. The number of benzene rings is 1. The molecule has 1 aliphatic rings. The van der Waals surface area contributed by atoms with Gasteiger partial charge in [-0.25, -0.2) is 4.39 Å². The second kappa shape index (κ2) is 5.66. The molecule has 2 aromatic heterocycles. The van der Waals surface area contributed by atoms with Gasteiger partial charge in [-0.05, 0) is 41.8 Å². The molecule has 116 valence electrons. The first-order valence-corrected chi connectivity index (χ1v) is 8.37. The van der Waals surface area contributed by atoms with Crippen LogP contribution >= 0.6 is 11.3 Å². The van der Waals surface area contributed by atoms with Crippen molar-refractivity contribution in [3.8, 4) is 0 Å². The maximum atomic E-state index is 13.5. The van der Waals surface area contributed by atoms with Crippen molar-refractivity contribution in [3.63, 3.8) is 0 Å². The highest BCUT2D eigenvalue weighted by Gasteiger charge is 2.33. The molecular weight excluding hydrogens is 311 g/mol. The van der Waals surface area contributed by atoms with Gasteiger partial charge in [0, 0.05) is 35.4 Å². The molecule has 1 aromatic carbocycles. The average molecular weight is 326 g/mol. The van der Waals surface area contributed by atoms with Gasteiger partial charge in [0.2, 0.25) is 0 Å². The van der Waals surface area contributed by atoms with Gasteiger partial charge < -0.3 is 9.47 Å². The van der Waals surface area contributed by atoms with E-state index in [1.54, 1.807) is 23.5 Å². The lowest BCUT2D eigenvalue weighted by Crippen LogP contribution is -2.42. The summed E-state index contributed by atoms with van der Waals surface area (Å²) >= 11 is 1.63. The minimum atomic E-state index is -0.385. The Morgan fingerprint density at radius 3 is 2.83 bits per heavy atom. The molecule has 0 unspecified atom stereocenters. The zero-order chi connectivity index (χ0) is 15.8. The fourth-order valence-corrected chi connectivity index (χ4v) is 3.98. The molecule has 3 heterocycles. The number of aromatic nitrogens is 1. The van der Waals surface area contributed by atoms with E-state index in [9.17, 15) is 9.18 Å². The molecule has 0 fully saturated rings. The highest BCUT2D eigenvalue weighted by Crippen LogP contribution is 2.35. The van der Waals surface area contributed by atoms with E-state index in [1.807, 2.05) is 34.7 Å². The van der Waals surface area contributed by atoms with Gasteiger partial charge in [-0.2, -0.15) is 0 Å². The predicted octanol–water partition coefficient (Wildman–Crippen LogP) is 3.93. The molecule has 0 aliphatic carbocycles. The lowest BCUT2D eigenvalue weighted by Gasteiger charge is -2.36. The third-order valence-corrected chi connectivity index (χ3v) is 5.11. The van der Waals surface area contributed by atoms with E-state index in [4.69, 9.17) is 0 Å². The number of rotatable bonds is 2. The van der Waals surface area contributed by atoms with Gasteiger partial charge in [0.15, 0.2) is 0 Å². The largest absolute Gasteiger partial charge is 0.347 e. The summed E-state index contributed by atoms with van der Waals surface area (Å²) in [4.78, 5) is 15.9. The van der Waals surface area contributed by atoms with Crippen LogP contribution in [-0.4, -0.2) is 21.9 Å². The molecule has 1 amide bonds. The van der Waals surface area contributed by atoms with E-state index in [1.165, 1.54) is 12.1 Å². The number of amides is 1. The molecule has 23 heavy (non-hydrogen) atoms. The minimum absolute atomic E-state index is 0.116. The van der Waals surface area contributed by atoms with Crippen molar-refractivity contribution >= 4 is 17.2 Å². The Labute approximate surface area is 137 Å². The van der Waals surface area contributed by atoms with Crippen molar-refractivity contribution in [2.75, 3.05) is 6.54 Å². The summed E-state index contributed by atoms with van der Waals surface area (Å²) in [6, 6.07) is 13.9. The molecule has 0 saturated heterocycles. The monoisotopic (exact) mass is 326 g/mol. The number of hydrogen-bond acceptors (Lipinski definition) is 2. The van der Waals surface area contributed by atoms with Gasteiger partial charge >= 0.3 is 0 Å². The Bertz CT molecular complexity index is 840. The van der Waals surface area contributed by atoms with Crippen LogP contribution in [0.5, 0.6) is 0 Å². The average Bonchev–Trinajstić information content (AvgIpc) is 3.24. The Balaban J connectivity index is 1.77. The van der Waals surface area contributed by atoms with Crippen LogP contribution in [0.3, 0.4) is 0 Å². The highest BCUT2D eigenvalue weighted by atomic mass is 32.1. The fraction of sp³-hybridized carbons (Fsp3) is 0.167. The van der Waals surface area contributed by atoms with Gasteiger partial charge in [-0.15, -0.1) is 11.3 Å². The molecule has 1 atom stereocenters. The summed E-state index contributed by atoms with van der Waals surface area (Å²) in [5, 5.41) is 2.02. The SMILES string of the molecule is O=C(c1cccc(F)c1)N1CCn2cccc2[C@H]1c1cccs1. The number of halogens is 1. The topological polar surface area (TPSA) is 25.2 Å². The van der Waals surface area contributed by atoms with Crippen LogP contribution in [0.2, 0.25) is 0 Å². The molecular formula is C18H15FN2OS. The maximum Gasteiger partial charge on any atom is 0.254 e. The second-order valence-corrected chi connectivity index (χ2v) is 6.53. The van der Waals surface area contributed by atoms with Gasteiger partial charge in [-0.1, -0.05) is 12.1 Å². The first-order valence-electron chi connectivity index (χ1n) is 7.49. The van der Waals surface area contributed by atoms with Crippen LogP contribution in [-0.2, 0) is 6.54 Å². The van der Waals surface area contributed by atoms with Crippen molar-refractivity contribution in [1.82, 2.24) is 9.47 Å². The van der Waals surface area contributed by atoms with Crippen molar-refractivity contribution < 1.29 is 9.18 Å². The van der Waals surface area contributed by atoms with Gasteiger partial charge in [-0.3, -0.25) is 4.79 Å². The van der Waals surface area contributed by atoms with Crippen LogP contribution in [0.15, 0.2) is 60.1 Å². The van der Waals surface area contributed by atoms with Crippen molar-refractivity contribution in [2.45, 2.75) is 12.6 Å². The minimum Gasteiger partial charge on any atom is -0.347 e. The Hall–Kier alpha value is -2.40. The molecule has 5 heteroatoms. The molecule has 0 spiro atoms. The molecule has 1 aliphatic heterocycles. The number of hydrogen-bond donors (Lipinski definition) is 0. The number of nitrogens with zero attached hydrogens (tertiary/aromatic N) is 2. The number of fused-ring (bicyclic) bond motifs is 1. The van der Waals surface area contributed by atoms with E-state index >= 15 is 0 Å². The summed E-state index contributed by atoms with van der Waals surface area (Å²) < 4.78 is 15.7. The van der Waals surface area contributed by atoms with Gasteiger partial charge in [0.25, 0.3) is 5.91 Å². The zero-order valence-corrected chi connectivity index (χ0v) is 13.2. The van der Waals surface area contributed by atoms with E-state index in [0.717, 1.165) is 17.1 Å². The van der Waals surface area contributed by atoms with Crippen LogP contribution in [0.4, 0.5) is 4.39 Å². The van der Waals surface area contributed by atoms with Crippen molar-refractivity contribution in [1.29, 1.82) is 0 Å². The van der Waals surface area contributed by atoms with Crippen LogP contribution in [0.1, 0.15) is 27.0 Å². The third kappa shape index (κ3) is 2.47. The van der Waals surface area contributed by atoms with Crippen molar-refractivity contribution in [2.24, 2.45) is 0 Å². The summed E-state index contributed by atoms with van der Waals surface area (Å²) in [5.41, 5.74) is 1.50. The van der Waals surface area contributed by atoms with Crippen LogP contribution < -0.4 is 0 Å². The number of thiophene rings is 1. The fourth-order valence-electron chi connectivity index (χ4n) is 3.14. The first kappa shape index (κ1) is 14.2. The van der Waals surface area contributed by atoms with Crippen LogP contribution in [0, 0.1) is 5.82 Å². The number of carbonyl (C=O) groups excluding carboxylic acids is 1. The molecule has 3 nitrogen and oxygen atoms in total. The molecule has 0 N–H and O–H groups in total. The summed E-state index contributed by atoms with van der Waals surface area (Å²) in [6.07, 6.45) is 2.04. The summed E-state index contributed by atoms with van der Waals surface area (Å²) in [7, 11) is 0. The normalized spacial score (nSPS) is 17.1. The molecule has 0 bridgehead atoms. The summed E-state index contributed by atoms with van der Waals surface area (Å²) in [5.74, 6) is -0.515. The lowest BCUT2D eigenvalue weighted by molar-refractivity contribution is 0.0666. The highest BCUT2D eigenvalue weighted by molar-refractivity contribution is 7.10. The Morgan fingerprint density at radius 2 is 2.04 bits per heavy atom. The van der Waals surface area contributed by atoms with E-state index in [2.05, 4.69) is 10.6 Å². The van der Waals surface area contributed by atoms with Crippen LogP contribution in [0.25, 0.3) is 0 Å². The molecule has 0 saturated carbocycles. The second-order valence-electron chi connectivity index (χ2n) is 5.55. The van der Waals surface area contributed by atoms with E-state index in [-0.39, 0.29) is 17.8 Å². The van der Waals surface area contributed by atoms with Gasteiger partial charge in [0.1, 0.15) is 11.9 Å². The Kier molecular flexibility index (Phi) is 3.50. The van der Waals surface area contributed by atoms with E-state index in [0.29, 0.717) is 12.1 Å².